The van der Waals surface area contributed by atoms with Gasteiger partial charge in [0.05, 0.1) is 12.7 Å². The van der Waals surface area contributed by atoms with Gasteiger partial charge in [-0.05, 0) is 24.1 Å². The molecule has 1 aromatic carbocycles. The van der Waals surface area contributed by atoms with Crippen LogP contribution < -0.4 is 5.32 Å². The lowest BCUT2D eigenvalue weighted by atomic mass is 10.1. The molecule has 0 bridgehead atoms. The van der Waals surface area contributed by atoms with Gasteiger partial charge < -0.3 is 10.1 Å². The molecule has 0 aliphatic carbocycles. The first-order valence-electron chi connectivity index (χ1n) is 5.96. The normalized spacial score (nSPS) is 10.2. The average molecular weight is 277 g/mol. The molecule has 2 rings (SSSR count). The lowest BCUT2D eigenvalue weighted by Gasteiger charge is -2.03. The van der Waals surface area contributed by atoms with Crippen molar-refractivity contribution in [1.29, 1.82) is 0 Å². The molecule has 6 heteroatoms. The number of rotatable bonds is 5. The summed E-state index contributed by atoms with van der Waals surface area (Å²) in [7, 11) is 1.37. The van der Waals surface area contributed by atoms with Crippen LogP contribution in [-0.2, 0) is 17.7 Å². The summed E-state index contributed by atoms with van der Waals surface area (Å²) in [5.74, 6) is -0.323. The van der Waals surface area contributed by atoms with Crippen LogP contribution in [0, 0.1) is 0 Å². The van der Waals surface area contributed by atoms with Gasteiger partial charge in [-0.15, -0.1) is 10.2 Å². The molecule has 1 N–H and O–H groups in total. The second-order valence-electron chi connectivity index (χ2n) is 3.90. The molecule has 1 heterocycles. The van der Waals surface area contributed by atoms with E-state index >= 15 is 0 Å². The van der Waals surface area contributed by atoms with E-state index in [1.807, 2.05) is 12.1 Å². The number of hydrogen-bond donors (Lipinski definition) is 1. The Balaban J connectivity index is 1.94. The lowest BCUT2D eigenvalue weighted by molar-refractivity contribution is 0.0600. The Kier molecular flexibility index (Phi) is 4.46. The minimum Gasteiger partial charge on any atom is -0.465 e. The van der Waals surface area contributed by atoms with Crippen molar-refractivity contribution in [2.75, 3.05) is 12.4 Å². The first-order valence-corrected chi connectivity index (χ1v) is 6.78. The summed E-state index contributed by atoms with van der Waals surface area (Å²) in [6, 6.07) is 7.28. The third-order valence-electron chi connectivity index (χ3n) is 2.59. The Labute approximate surface area is 115 Å². The Morgan fingerprint density at radius 2 is 2.05 bits per heavy atom. The van der Waals surface area contributed by atoms with Crippen molar-refractivity contribution in [1.82, 2.24) is 10.2 Å². The molecule has 0 aliphatic rings. The summed E-state index contributed by atoms with van der Waals surface area (Å²) >= 11 is 1.56. The molecule has 0 unspecified atom stereocenters. The van der Waals surface area contributed by atoms with Crippen molar-refractivity contribution in [2.24, 2.45) is 0 Å². The minimum atomic E-state index is -0.323. The zero-order valence-electron chi connectivity index (χ0n) is 10.8. The van der Waals surface area contributed by atoms with Gasteiger partial charge in [0.2, 0.25) is 5.13 Å². The van der Waals surface area contributed by atoms with Gasteiger partial charge >= 0.3 is 5.97 Å². The van der Waals surface area contributed by atoms with E-state index in [1.54, 1.807) is 23.5 Å². The number of nitrogens with zero attached hydrogens (tertiary/aromatic N) is 2. The van der Waals surface area contributed by atoms with Crippen molar-refractivity contribution in [3.63, 3.8) is 0 Å². The summed E-state index contributed by atoms with van der Waals surface area (Å²) in [6.45, 7) is 2.70. The van der Waals surface area contributed by atoms with E-state index in [-0.39, 0.29) is 5.97 Å². The van der Waals surface area contributed by atoms with Gasteiger partial charge in [0.25, 0.3) is 0 Å². The molecule has 5 nitrogen and oxygen atoms in total. The highest BCUT2D eigenvalue weighted by molar-refractivity contribution is 7.15. The number of methoxy groups -OCH3 is 1. The topological polar surface area (TPSA) is 64.1 Å². The van der Waals surface area contributed by atoms with Crippen LogP contribution >= 0.6 is 11.3 Å². The fourth-order valence-corrected chi connectivity index (χ4v) is 2.20. The van der Waals surface area contributed by atoms with Crippen LogP contribution in [0.25, 0.3) is 0 Å². The maximum Gasteiger partial charge on any atom is 0.337 e. The van der Waals surface area contributed by atoms with E-state index in [9.17, 15) is 4.79 Å². The molecule has 0 amide bonds. The fourth-order valence-electron chi connectivity index (χ4n) is 1.52. The molecule has 0 spiro atoms. The zero-order valence-corrected chi connectivity index (χ0v) is 11.7. The fraction of sp³-hybridized carbons (Fsp3) is 0.308. The Bertz CT molecular complexity index is 551. The highest BCUT2D eigenvalue weighted by atomic mass is 32.1. The van der Waals surface area contributed by atoms with Gasteiger partial charge in [-0.1, -0.05) is 30.4 Å². The van der Waals surface area contributed by atoms with Crippen LogP contribution in [0.3, 0.4) is 0 Å². The van der Waals surface area contributed by atoms with Crippen molar-refractivity contribution in [3.8, 4) is 0 Å². The number of anilines is 1. The molecular formula is C13H15N3O2S. The van der Waals surface area contributed by atoms with Gasteiger partial charge in [0.1, 0.15) is 5.01 Å². The number of carbonyl (C=O) groups is 1. The maximum atomic E-state index is 11.3. The van der Waals surface area contributed by atoms with Gasteiger partial charge in [-0.3, -0.25) is 0 Å². The number of benzene rings is 1. The lowest BCUT2D eigenvalue weighted by Crippen LogP contribution is -2.02. The summed E-state index contributed by atoms with van der Waals surface area (Å²) in [5.41, 5.74) is 1.62. The number of esters is 1. The number of nitrogens with one attached hydrogen (secondary N) is 1. The first-order chi connectivity index (χ1) is 9.22. The largest absolute Gasteiger partial charge is 0.465 e. The van der Waals surface area contributed by atoms with Crippen molar-refractivity contribution < 1.29 is 9.53 Å². The van der Waals surface area contributed by atoms with E-state index in [4.69, 9.17) is 0 Å². The SMILES string of the molecule is CCc1nnc(NCc2ccc(C(=O)OC)cc2)s1. The Morgan fingerprint density at radius 1 is 1.32 bits per heavy atom. The van der Waals surface area contributed by atoms with Crippen LogP contribution in [0.1, 0.15) is 27.9 Å². The average Bonchev–Trinajstić information content (AvgIpc) is 2.93. The van der Waals surface area contributed by atoms with Crippen LogP contribution in [0.4, 0.5) is 5.13 Å². The van der Waals surface area contributed by atoms with Gasteiger partial charge in [0, 0.05) is 6.54 Å². The van der Waals surface area contributed by atoms with Gasteiger partial charge in [0.15, 0.2) is 0 Å². The third-order valence-corrected chi connectivity index (χ3v) is 3.61. The second kappa shape index (κ2) is 6.29. The molecule has 1 aromatic heterocycles. The third kappa shape index (κ3) is 3.51. The van der Waals surface area contributed by atoms with E-state index in [1.165, 1.54) is 7.11 Å². The monoisotopic (exact) mass is 277 g/mol. The molecular weight excluding hydrogens is 262 g/mol. The van der Waals surface area contributed by atoms with Crippen molar-refractivity contribution >= 4 is 22.4 Å². The predicted octanol–water partition coefficient (Wildman–Crippen LogP) is 2.50. The smallest absolute Gasteiger partial charge is 0.337 e. The molecule has 2 aromatic rings. The first kappa shape index (κ1) is 13.5. The molecule has 0 atom stereocenters. The number of carbonyl (C=O) groups excluding carboxylic acids is 1. The number of aryl methyl sites for hydroxylation is 1. The van der Waals surface area contributed by atoms with E-state index in [0.717, 1.165) is 22.1 Å². The number of aromatic nitrogens is 2. The molecule has 100 valence electrons. The summed E-state index contributed by atoms with van der Waals surface area (Å²) in [6.07, 6.45) is 0.896. The van der Waals surface area contributed by atoms with Crippen molar-refractivity contribution in [3.05, 3.63) is 40.4 Å². The zero-order chi connectivity index (χ0) is 13.7. The molecule has 0 saturated carbocycles. The molecule has 0 aliphatic heterocycles. The summed E-state index contributed by atoms with van der Waals surface area (Å²) in [5, 5.41) is 13.1. The van der Waals surface area contributed by atoms with E-state index < -0.39 is 0 Å². The van der Waals surface area contributed by atoms with Gasteiger partial charge in [-0.25, -0.2) is 4.79 Å². The Morgan fingerprint density at radius 3 is 2.63 bits per heavy atom. The maximum absolute atomic E-state index is 11.3. The van der Waals surface area contributed by atoms with Crippen molar-refractivity contribution in [2.45, 2.75) is 19.9 Å². The molecule has 0 fully saturated rings. The van der Waals surface area contributed by atoms with Crippen LogP contribution in [0.2, 0.25) is 0 Å². The second-order valence-corrected chi connectivity index (χ2v) is 4.96. The van der Waals surface area contributed by atoms with Crippen LogP contribution in [-0.4, -0.2) is 23.3 Å². The molecule has 19 heavy (non-hydrogen) atoms. The summed E-state index contributed by atoms with van der Waals surface area (Å²) in [4.78, 5) is 11.3. The molecule has 0 radical (unpaired) electrons. The molecule has 0 saturated heterocycles. The number of hydrogen-bond acceptors (Lipinski definition) is 6. The highest BCUT2D eigenvalue weighted by Gasteiger charge is 2.05. The minimum absolute atomic E-state index is 0.323. The van der Waals surface area contributed by atoms with E-state index in [0.29, 0.717) is 12.1 Å². The number of ether oxygens (including phenoxy) is 1. The Hall–Kier alpha value is -1.95. The summed E-state index contributed by atoms with van der Waals surface area (Å²) < 4.78 is 4.65. The quantitative estimate of drug-likeness (QED) is 0.851. The highest BCUT2D eigenvalue weighted by Crippen LogP contribution is 2.16. The standard InChI is InChI=1S/C13H15N3O2S/c1-3-11-15-16-13(19-11)14-8-9-4-6-10(7-5-9)12(17)18-2/h4-7H,3,8H2,1-2H3,(H,14,16). The predicted molar refractivity (Wildman–Crippen MR) is 74.4 cm³/mol. The van der Waals surface area contributed by atoms with Gasteiger partial charge in [-0.2, -0.15) is 0 Å². The van der Waals surface area contributed by atoms with Crippen LogP contribution in [0.5, 0.6) is 0 Å². The van der Waals surface area contributed by atoms with Crippen LogP contribution in [0.15, 0.2) is 24.3 Å². The van der Waals surface area contributed by atoms with E-state index in [2.05, 4.69) is 27.2 Å².